The molecule has 5 nitrogen and oxygen atoms in total. The van der Waals surface area contributed by atoms with E-state index in [1.54, 1.807) is 16.9 Å². The molecule has 0 aliphatic rings. The summed E-state index contributed by atoms with van der Waals surface area (Å²) in [5.41, 5.74) is 1.54. The summed E-state index contributed by atoms with van der Waals surface area (Å²) in [5.74, 6) is 0.726. The molecule has 2 rings (SSSR count). The molecule has 0 saturated heterocycles. The molecule has 2 aromatic rings. The summed E-state index contributed by atoms with van der Waals surface area (Å²) in [6.45, 7) is 2.38. The van der Waals surface area contributed by atoms with Crippen LogP contribution in [-0.4, -0.2) is 21.8 Å². The summed E-state index contributed by atoms with van der Waals surface area (Å²) >= 11 is 0. The average Bonchev–Trinajstić information content (AvgIpc) is 2.75. The van der Waals surface area contributed by atoms with Crippen molar-refractivity contribution in [3.05, 3.63) is 46.0 Å². The van der Waals surface area contributed by atoms with Gasteiger partial charge in [0.05, 0.1) is 5.56 Å². The predicted octanol–water partition coefficient (Wildman–Crippen LogP) is 0.588. The van der Waals surface area contributed by atoms with E-state index in [0.29, 0.717) is 12.1 Å². The molecular weight excluding hydrogens is 204 g/mol. The van der Waals surface area contributed by atoms with Crippen molar-refractivity contribution in [3.63, 3.8) is 0 Å². The van der Waals surface area contributed by atoms with Crippen LogP contribution in [0.1, 0.15) is 11.3 Å². The van der Waals surface area contributed by atoms with Gasteiger partial charge in [-0.15, -0.1) is 0 Å². The second kappa shape index (κ2) is 4.32. The highest BCUT2D eigenvalue weighted by molar-refractivity contribution is 5.34. The summed E-state index contributed by atoms with van der Waals surface area (Å²) in [5, 5.41) is 7.12. The van der Waals surface area contributed by atoms with E-state index in [4.69, 9.17) is 0 Å². The Bertz CT molecular complexity index is 527. The van der Waals surface area contributed by atoms with Gasteiger partial charge >= 0.3 is 0 Å². The summed E-state index contributed by atoms with van der Waals surface area (Å²) < 4.78 is 1.67. The van der Waals surface area contributed by atoms with E-state index < -0.39 is 0 Å². The predicted molar refractivity (Wildman–Crippen MR) is 61.7 cm³/mol. The Kier molecular flexibility index (Phi) is 2.87. The van der Waals surface area contributed by atoms with Crippen LogP contribution in [0, 0.1) is 6.92 Å². The maximum atomic E-state index is 11.8. The van der Waals surface area contributed by atoms with Crippen molar-refractivity contribution >= 4 is 0 Å². The number of aryl methyl sites for hydroxylation is 1. The fraction of sp³-hybridized carbons (Fsp3) is 0.273. The normalized spacial score (nSPS) is 10.6. The molecule has 0 bridgehead atoms. The Labute approximate surface area is 93.1 Å². The van der Waals surface area contributed by atoms with E-state index in [9.17, 15) is 4.79 Å². The smallest absolute Gasteiger partial charge is 0.188 e. The van der Waals surface area contributed by atoms with Crippen molar-refractivity contribution in [1.82, 2.24) is 20.1 Å². The first kappa shape index (κ1) is 10.6. The minimum Gasteiger partial charge on any atom is -0.344 e. The molecule has 0 radical (unpaired) electrons. The number of H-pyrrole nitrogens is 1. The zero-order valence-corrected chi connectivity index (χ0v) is 9.32. The van der Waals surface area contributed by atoms with Crippen molar-refractivity contribution in [2.75, 3.05) is 7.05 Å². The first-order valence-corrected chi connectivity index (χ1v) is 5.10. The van der Waals surface area contributed by atoms with Crippen molar-refractivity contribution in [2.24, 2.45) is 0 Å². The molecule has 0 spiro atoms. The van der Waals surface area contributed by atoms with E-state index in [2.05, 4.69) is 15.4 Å². The summed E-state index contributed by atoms with van der Waals surface area (Å²) in [4.78, 5) is 15.0. The Morgan fingerprint density at radius 3 is 3.00 bits per heavy atom. The van der Waals surface area contributed by atoms with Crippen LogP contribution in [0.4, 0.5) is 0 Å². The van der Waals surface area contributed by atoms with Gasteiger partial charge in [-0.2, -0.15) is 5.10 Å². The second-order valence-electron chi connectivity index (χ2n) is 3.62. The standard InChI is InChI=1S/C11H14N4O/c1-8-6-10(16)9(7-12-2)11(14-8)15-5-3-4-13-15/h3-6,12H,7H2,1-2H3,(H,14,16). The monoisotopic (exact) mass is 218 g/mol. The lowest BCUT2D eigenvalue weighted by atomic mass is 10.2. The summed E-state index contributed by atoms with van der Waals surface area (Å²) in [6, 6.07) is 3.42. The van der Waals surface area contributed by atoms with Crippen LogP contribution < -0.4 is 10.7 Å². The highest BCUT2D eigenvalue weighted by Crippen LogP contribution is 2.07. The van der Waals surface area contributed by atoms with E-state index in [-0.39, 0.29) is 5.43 Å². The van der Waals surface area contributed by atoms with Gasteiger partial charge in [0.2, 0.25) is 0 Å². The fourth-order valence-corrected chi connectivity index (χ4v) is 1.64. The Morgan fingerprint density at radius 1 is 1.56 bits per heavy atom. The van der Waals surface area contributed by atoms with E-state index in [1.807, 2.05) is 26.2 Å². The second-order valence-corrected chi connectivity index (χ2v) is 3.62. The third kappa shape index (κ3) is 1.90. The molecule has 2 N–H and O–H groups in total. The molecular formula is C11H14N4O. The number of rotatable bonds is 3. The number of hydrogen-bond acceptors (Lipinski definition) is 3. The Morgan fingerprint density at radius 2 is 2.38 bits per heavy atom. The van der Waals surface area contributed by atoms with Crippen LogP contribution in [-0.2, 0) is 6.54 Å². The van der Waals surface area contributed by atoms with Gasteiger partial charge in [0, 0.05) is 30.7 Å². The number of aromatic amines is 1. The number of aromatic nitrogens is 3. The molecule has 5 heteroatoms. The minimum atomic E-state index is 0.0242. The first-order chi connectivity index (χ1) is 7.72. The largest absolute Gasteiger partial charge is 0.344 e. The van der Waals surface area contributed by atoms with Gasteiger partial charge in [0.15, 0.2) is 5.43 Å². The number of hydrogen-bond donors (Lipinski definition) is 2. The lowest BCUT2D eigenvalue weighted by Gasteiger charge is -2.09. The molecule has 0 unspecified atom stereocenters. The van der Waals surface area contributed by atoms with Gasteiger partial charge in [-0.1, -0.05) is 0 Å². The molecule has 0 atom stereocenters. The van der Waals surface area contributed by atoms with E-state index in [1.165, 1.54) is 0 Å². The van der Waals surface area contributed by atoms with Crippen LogP contribution in [0.2, 0.25) is 0 Å². The molecule has 0 aliphatic heterocycles. The fourth-order valence-electron chi connectivity index (χ4n) is 1.64. The van der Waals surface area contributed by atoms with Crippen molar-refractivity contribution in [3.8, 4) is 5.82 Å². The topological polar surface area (TPSA) is 62.7 Å². The van der Waals surface area contributed by atoms with Gasteiger partial charge in [0.1, 0.15) is 5.82 Å². The summed E-state index contributed by atoms with van der Waals surface area (Å²) in [7, 11) is 1.81. The first-order valence-electron chi connectivity index (χ1n) is 5.10. The molecule has 16 heavy (non-hydrogen) atoms. The van der Waals surface area contributed by atoms with Gasteiger partial charge in [-0.25, -0.2) is 4.68 Å². The Hall–Kier alpha value is -1.88. The molecule has 0 aromatic carbocycles. The zero-order chi connectivity index (χ0) is 11.5. The number of nitrogens with one attached hydrogen (secondary N) is 2. The van der Waals surface area contributed by atoms with Gasteiger partial charge in [-0.05, 0) is 20.0 Å². The molecule has 2 aromatic heterocycles. The average molecular weight is 218 g/mol. The number of nitrogens with zero attached hydrogens (tertiary/aromatic N) is 2. The van der Waals surface area contributed by atoms with Crippen LogP contribution in [0.15, 0.2) is 29.3 Å². The third-order valence-corrected chi connectivity index (χ3v) is 2.33. The molecule has 0 aliphatic carbocycles. The molecule has 0 amide bonds. The quantitative estimate of drug-likeness (QED) is 0.792. The Balaban J connectivity index is 2.62. The van der Waals surface area contributed by atoms with E-state index >= 15 is 0 Å². The minimum absolute atomic E-state index is 0.0242. The SMILES string of the molecule is CNCc1c(-n2cccn2)[nH]c(C)cc1=O. The zero-order valence-electron chi connectivity index (χ0n) is 9.32. The maximum Gasteiger partial charge on any atom is 0.188 e. The molecule has 0 saturated carbocycles. The van der Waals surface area contributed by atoms with Crippen LogP contribution in [0.5, 0.6) is 0 Å². The summed E-state index contributed by atoms with van der Waals surface area (Å²) in [6.07, 6.45) is 3.49. The van der Waals surface area contributed by atoms with Crippen molar-refractivity contribution < 1.29 is 0 Å². The molecule has 84 valence electrons. The van der Waals surface area contributed by atoms with Gasteiger partial charge in [0.25, 0.3) is 0 Å². The molecule has 2 heterocycles. The highest BCUT2D eigenvalue weighted by atomic mass is 16.1. The van der Waals surface area contributed by atoms with Gasteiger partial charge < -0.3 is 10.3 Å². The van der Waals surface area contributed by atoms with Crippen molar-refractivity contribution in [2.45, 2.75) is 13.5 Å². The number of pyridine rings is 1. The van der Waals surface area contributed by atoms with Crippen LogP contribution in [0.25, 0.3) is 5.82 Å². The van der Waals surface area contributed by atoms with Crippen LogP contribution in [0.3, 0.4) is 0 Å². The van der Waals surface area contributed by atoms with E-state index in [0.717, 1.165) is 11.5 Å². The lowest BCUT2D eigenvalue weighted by Crippen LogP contribution is -2.21. The molecule has 0 fully saturated rings. The van der Waals surface area contributed by atoms with Gasteiger partial charge in [-0.3, -0.25) is 4.79 Å². The highest BCUT2D eigenvalue weighted by Gasteiger charge is 2.09. The maximum absolute atomic E-state index is 11.8. The third-order valence-electron chi connectivity index (χ3n) is 2.33. The van der Waals surface area contributed by atoms with Crippen LogP contribution >= 0.6 is 0 Å². The lowest BCUT2D eigenvalue weighted by molar-refractivity contribution is 0.762. The van der Waals surface area contributed by atoms with Crippen molar-refractivity contribution in [1.29, 1.82) is 0 Å².